The van der Waals surface area contributed by atoms with Gasteiger partial charge in [0.25, 0.3) is 0 Å². The maximum Gasteiger partial charge on any atom is 0.327 e. The van der Waals surface area contributed by atoms with Gasteiger partial charge in [-0.15, -0.1) is 0 Å². The standard InChI is InChI=1S/C20H30N8O5S2/c1-35-3-2-14(26-17(29)13(21)4-11-6-22-9-24-11)18(30)27-15(5-12-7-23-10-25-12)19(31)28-16(8-34)20(32)33/h6-7,9-10,13-16,34H,2-5,8,21H2,1H3,(H,22,24)(H,23,25)(H,26,29)(H,27,30)(H,28,31)(H,32,33). The number of carbonyl (C=O) groups excluding carboxylic acids is 3. The molecule has 4 atom stereocenters. The lowest BCUT2D eigenvalue weighted by atomic mass is 10.1. The van der Waals surface area contributed by atoms with Gasteiger partial charge in [-0.3, -0.25) is 14.4 Å². The number of carbonyl (C=O) groups is 4. The lowest BCUT2D eigenvalue weighted by Crippen LogP contribution is -2.58. The molecule has 13 nitrogen and oxygen atoms in total. The number of rotatable bonds is 15. The van der Waals surface area contributed by atoms with E-state index in [1.807, 2.05) is 6.26 Å². The summed E-state index contributed by atoms with van der Waals surface area (Å²) in [4.78, 5) is 63.4. The second-order valence-corrected chi connectivity index (χ2v) is 9.00. The van der Waals surface area contributed by atoms with E-state index in [4.69, 9.17) is 5.73 Å². The zero-order valence-corrected chi connectivity index (χ0v) is 20.8. The minimum atomic E-state index is -1.25. The van der Waals surface area contributed by atoms with Gasteiger partial charge in [-0.1, -0.05) is 0 Å². The van der Waals surface area contributed by atoms with Crippen LogP contribution in [-0.2, 0) is 32.0 Å². The number of imidazole rings is 2. The van der Waals surface area contributed by atoms with Crippen molar-refractivity contribution >= 4 is 48.1 Å². The maximum atomic E-state index is 13.1. The third-order valence-electron chi connectivity index (χ3n) is 4.98. The SMILES string of the molecule is CSCCC(NC(=O)C(N)Cc1cnc[nH]1)C(=O)NC(Cc1cnc[nH]1)C(=O)NC(CS)C(=O)O. The van der Waals surface area contributed by atoms with Crippen LogP contribution in [0, 0.1) is 0 Å². The highest BCUT2D eigenvalue weighted by atomic mass is 32.2. The summed E-state index contributed by atoms with van der Waals surface area (Å²) < 4.78 is 0. The van der Waals surface area contributed by atoms with Crippen molar-refractivity contribution in [2.75, 3.05) is 17.8 Å². The number of carboxylic acids is 1. The summed E-state index contributed by atoms with van der Waals surface area (Å²) in [5.41, 5.74) is 7.21. The number of aromatic nitrogens is 4. The number of carboxylic acid groups (broad SMARTS) is 1. The zero-order valence-electron chi connectivity index (χ0n) is 19.1. The van der Waals surface area contributed by atoms with Crippen molar-refractivity contribution in [1.82, 2.24) is 35.9 Å². The van der Waals surface area contributed by atoms with Crippen LogP contribution in [0.2, 0.25) is 0 Å². The first kappa shape index (κ1) is 28.2. The van der Waals surface area contributed by atoms with Crippen molar-refractivity contribution < 1.29 is 24.3 Å². The fourth-order valence-corrected chi connectivity index (χ4v) is 3.78. The number of hydrogen-bond donors (Lipinski definition) is 8. The largest absolute Gasteiger partial charge is 0.480 e. The Kier molecular flexibility index (Phi) is 11.6. The summed E-state index contributed by atoms with van der Waals surface area (Å²) in [6.45, 7) is 0. The Labute approximate surface area is 211 Å². The van der Waals surface area contributed by atoms with Crippen molar-refractivity contribution in [2.24, 2.45) is 5.73 Å². The van der Waals surface area contributed by atoms with Crippen LogP contribution in [0.25, 0.3) is 0 Å². The first-order chi connectivity index (χ1) is 16.7. The molecule has 0 spiro atoms. The average Bonchev–Trinajstić information content (AvgIpc) is 3.53. The third-order valence-corrected chi connectivity index (χ3v) is 5.99. The van der Waals surface area contributed by atoms with E-state index in [2.05, 4.69) is 48.5 Å². The van der Waals surface area contributed by atoms with Crippen LogP contribution in [0.1, 0.15) is 17.8 Å². The number of thiol groups is 1. The highest BCUT2D eigenvalue weighted by Gasteiger charge is 2.30. The molecule has 0 radical (unpaired) electrons. The van der Waals surface area contributed by atoms with E-state index in [1.54, 1.807) is 6.20 Å². The van der Waals surface area contributed by atoms with Gasteiger partial charge < -0.3 is 36.8 Å². The number of nitrogens with zero attached hydrogens (tertiary/aromatic N) is 2. The van der Waals surface area contributed by atoms with E-state index in [0.717, 1.165) is 0 Å². The summed E-state index contributed by atoms with van der Waals surface area (Å²) in [5.74, 6) is -2.66. The van der Waals surface area contributed by atoms with Crippen molar-refractivity contribution in [3.05, 3.63) is 36.4 Å². The quantitative estimate of drug-likeness (QED) is 0.126. The van der Waals surface area contributed by atoms with Crippen LogP contribution < -0.4 is 21.7 Å². The average molecular weight is 527 g/mol. The molecule has 35 heavy (non-hydrogen) atoms. The Balaban J connectivity index is 2.12. The summed E-state index contributed by atoms with van der Waals surface area (Å²) in [5, 5.41) is 16.9. The van der Waals surface area contributed by atoms with Crippen LogP contribution in [0.15, 0.2) is 25.0 Å². The monoisotopic (exact) mass is 526 g/mol. The van der Waals surface area contributed by atoms with Gasteiger partial charge in [0.2, 0.25) is 17.7 Å². The molecule has 0 saturated carbocycles. The smallest absolute Gasteiger partial charge is 0.327 e. The molecule has 192 valence electrons. The topological polar surface area (TPSA) is 208 Å². The lowest BCUT2D eigenvalue weighted by molar-refractivity contribution is -0.141. The Hall–Kier alpha value is -3.04. The molecule has 0 aliphatic heterocycles. The number of nitrogens with one attached hydrogen (secondary N) is 5. The molecule has 2 heterocycles. The minimum absolute atomic E-state index is 0.0268. The van der Waals surface area contributed by atoms with E-state index < -0.39 is 47.9 Å². The molecule has 0 aliphatic carbocycles. The van der Waals surface area contributed by atoms with Crippen molar-refractivity contribution in [3.63, 3.8) is 0 Å². The highest BCUT2D eigenvalue weighted by Crippen LogP contribution is 2.06. The van der Waals surface area contributed by atoms with Gasteiger partial charge >= 0.3 is 5.97 Å². The van der Waals surface area contributed by atoms with Crippen molar-refractivity contribution in [3.8, 4) is 0 Å². The molecule has 8 N–H and O–H groups in total. The molecular weight excluding hydrogens is 496 g/mol. The van der Waals surface area contributed by atoms with Gasteiger partial charge in [0.05, 0.1) is 18.7 Å². The number of nitrogens with two attached hydrogens (primary N) is 1. The maximum absolute atomic E-state index is 13.1. The molecule has 4 unspecified atom stereocenters. The van der Waals surface area contributed by atoms with Crippen LogP contribution in [0.5, 0.6) is 0 Å². The van der Waals surface area contributed by atoms with E-state index in [-0.39, 0.29) is 18.6 Å². The molecule has 0 aromatic carbocycles. The predicted molar refractivity (Wildman–Crippen MR) is 133 cm³/mol. The molecule has 0 bridgehead atoms. The van der Waals surface area contributed by atoms with E-state index >= 15 is 0 Å². The number of thioether (sulfide) groups is 1. The van der Waals surface area contributed by atoms with Gasteiger partial charge in [-0.2, -0.15) is 24.4 Å². The van der Waals surface area contributed by atoms with Gasteiger partial charge in [0.1, 0.15) is 18.1 Å². The highest BCUT2D eigenvalue weighted by molar-refractivity contribution is 7.98. The lowest BCUT2D eigenvalue weighted by Gasteiger charge is -2.24. The fraction of sp³-hybridized carbons (Fsp3) is 0.500. The molecule has 0 fully saturated rings. The van der Waals surface area contributed by atoms with Crippen molar-refractivity contribution in [1.29, 1.82) is 0 Å². The van der Waals surface area contributed by atoms with Gasteiger partial charge in [0.15, 0.2) is 0 Å². The second kappa shape index (κ2) is 14.4. The van der Waals surface area contributed by atoms with E-state index in [1.165, 1.54) is 30.6 Å². The van der Waals surface area contributed by atoms with E-state index in [0.29, 0.717) is 23.6 Å². The molecule has 2 rings (SSSR count). The number of aromatic amines is 2. The molecular formula is C20H30N8O5S2. The second-order valence-electron chi connectivity index (χ2n) is 7.65. The number of hydrogen-bond acceptors (Lipinski definition) is 9. The molecule has 3 amide bonds. The van der Waals surface area contributed by atoms with Crippen LogP contribution in [0.3, 0.4) is 0 Å². The molecule has 15 heteroatoms. The number of aliphatic carboxylic acids is 1. The van der Waals surface area contributed by atoms with Gasteiger partial charge in [-0.05, 0) is 18.4 Å². The first-order valence-electron chi connectivity index (χ1n) is 10.7. The molecule has 0 aliphatic rings. The summed E-state index contributed by atoms with van der Waals surface area (Å²) >= 11 is 5.44. The Bertz CT molecular complexity index is 957. The zero-order chi connectivity index (χ0) is 25.8. The number of H-pyrrole nitrogens is 2. The summed E-state index contributed by atoms with van der Waals surface area (Å²) in [6.07, 6.45) is 8.32. The fourth-order valence-electron chi connectivity index (χ4n) is 3.06. The number of amides is 3. The Morgan fingerprint density at radius 3 is 2.03 bits per heavy atom. The van der Waals surface area contributed by atoms with E-state index in [9.17, 15) is 24.3 Å². The van der Waals surface area contributed by atoms with Crippen LogP contribution >= 0.6 is 24.4 Å². The van der Waals surface area contributed by atoms with Crippen LogP contribution in [-0.4, -0.2) is 90.7 Å². The van der Waals surface area contributed by atoms with Gasteiger partial charge in [0, 0.05) is 42.4 Å². The summed E-state index contributed by atoms with van der Waals surface area (Å²) in [6, 6.07) is -4.24. The van der Waals surface area contributed by atoms with Gasteiger partial charge in [-0.25, -0.2) is 14.8 Å². The summed E-state index contributed by atoms with van der Waals surface area (Å²) in [7, 11) is 0. The molecule has 2 aromatic heterocycles. The molecule has 2 aromatic rings. The third kappa shape index (κ3) is 9.26. The minimum Gasteiger partial charge on any atom is -0.480 e. The Morgan fingerprint density at radius 1 is 0.971 bits per heavy atom. The molecule has 0 saturated heterocycles. The van der Waals surface area contributed by atoms with Crippen LogP contribution in [0.4, 0.5) is 0 Å². The van der Waals surface area contributed by atoms with Crippen molar-refractivity contribution in [2.45, 2.75) is 43.4 Å². The first-order valence-corrected chi connectivity index (χ1v) is 12.7. The Morgan fingerprint density at radius 2 is 1.51 bits per heavy atom. The normalized spacial score (nSPS) is 14.4. The predicted octanol–water partition coefficient (Wildman–Crippen LogP) is -1.53.